The highest BCUT2D eigenvalue weighted by Gasteiger charge is 2.14. The fraction of sp³-hybridized carbons (Fsp3) is 0.333. The Bertz CT molecular complexity index is 319. The molecule has 0 bridgehead atoms. The summed E-state index contributed by atoms with van der Waals surface area (Å²) in [5.74, 6) is 0. The predicted octanol–water partition coefficient (Wildman–Crippen LogP) is 4.80. The molecule has 0 saturated carbocycles. The molecule has 0 atom stereocenters. The van der Waals surface area contributed by atoms with Gasteiger partial charge in [-0.05, 0) is 23.7 Å². The van der Waals surface area contributed by atoms with E-state index in [0.717, 1.165) is 4.47 Å². The van der Waals surface area contributed by atoms with Crippen molar-refractivity contribution in [3.8, 4) is 0 Å². The first-order chi connectivity index (χ1) is 6.38. The summed E-state index contributed by atoms with van der Waals surface area (Å²) in [4.78, 5) is 0. The number of hydrogen-bond acceptors (Lipinski definition) is 0. The van der Waals surface area contributed by atoms with Crippen LogP contribution in [0.5, 0.6) is 0 Å². The van der Waals surface area contributed by atoms with Crippen molar-refractivity contribution in [1.29, 1.82) is 0 Å². The van der Waals surface area contributed by atoms with E-state index in [-0.39, 0.29) is 0 Å². The van der Waals surface area contributed by atoms with E-state index in [2.05, 4.69) is 66.4 Å². The van der Waals surface area contributed by atoms with E-state index < -0.39 is 8.07 Å². The monoisotopic (exact) mass is 268 g/mol. The summed E-state index contributed by atoms with van der Waals surface area (Å²) < 4.78 is 1.13. The van der Waals surface area contributed by atoms with Gasteiger partial charge in [0.15, 0.2) is 0 Å². The van der Waals surface area contributed by atoms with Gasteiger partial charge in [-0.1, -0.05) is 59.9 Å². The molecule has 1 aromatic carbocycles. The van der Waals surface area contributed by atoms with Gasteiger partial charge >= 0.3 is 0 Å². The summed E-state index contributed by atoms with van der Waals surface area (Å²) in [6, 6.07) is 9.59. The van der Waals surface area contributed by atoms with Gasteiger partial charge in [0.1, 0.15) is 0 Å². The van der Waals surface area contributed by atoms with Crippen molar-refractivity contribution in [2.45, 2.75) is 25.7 Å². The summed E-state index contributed by atoms with van der Waals surface area (Å²) in [5, 5.41) is 0. The van der Waals surface area contributed by atoms with Gasteiger partial charge in [-0.15, -0.1) is 0 Å². The van der Waals surface area contributed by atoms with Crippen LogP contribution in [-0.2, 0) is 0 Å². The summed E-state index contributed by atoms with van der Waals surface area (Å²) in [6.07, 6.45) is 0. The van der Waals surface area contributed by atoms with Gasteiger partial charge in [0.05, 0.1) is 0 Å². The molecule has 0 aliphatic heterocycles. The Kier molecular flexibility index (Phi) is 3.73. The first-order valence-corrected chi connectivity index (χ1v) is 9.32. The molecule has 0 saturated heterocycles. The molecule has 14 heavy (non-hydrogen) atoms. The maximum atomic E-state index is 4.16. The molecule has 0 aliphatic carbocycles. The number of benzene rings is 1. The SMILES string of the molecule is C=C(C[Si](C)(C)C)c1ccc(Br)cc1. The van der Waals surface area contributed by atoms with Crippen molar-refractivity contribution >= 4 is 29.6 Å². The van der Waals surface area contributed by atoms with Crippen LogP contribution < -0.4 is 0 Å². The van der Waals surface area contributed by atoms with E-state index in [4.69, 9.17) is 0 Å². The van der Waals surface area contributed by atoms with Gasteiger partial charge in [0, 0.05) is 12.5 Å². The molecule has 0 N–H and O–H groups in total. The number of hydrogen-bond donors (Lipinski definition) is 0. The summed E-state index contributed by atoms with van der Waals surface area (Å²) >= 11 is 3.43. The molecule has 0 spiro atoms. The normalized spacial score (nSPS) is 11.4. The average molecular weight is 269 g/mol. The molecule has 0 heterocycles. The van der Waals surface area contributed by atoms with E-state index in [1.54, 1.807) is 0 Å². The molecule has 0 nitrogen and oxygen atoms in total. The second-order valence-corrected chi connectivity index (χ2v) is 11.2. The molecular formula is C12H17BrSi. The Hall–Kier alpha value is -0.343. The quantitative estimate of drug-likeness (QED) is 0.691. The molecule has 1 rings (SSSR count). The van der Waals surface area contributed by atoms with Gasteiger partial charge in [0.2, 0.25) is 0 Å². The van der Waals surface area contributed by atoms with Crippen molar-refractivity contribution in [3.63, 3.8) is 0 Å². The van der Waals surface area contributed by atoms with Crippen LogP contribution in [0.15, 0.2) is 35.3 Å². The number of halogens is 1. The molecule has 2 heteroatoms. The minimum Gasteiger partial charge on any atom is -0.0955 e. The minimum atomic E-state index is -1.03. The van der Waals surface area contributed by atoms with Gasteiger partial charge in [-0.25, -0.2) is 0 Å². The van der Waals surface area contributed by atoms with Gasteiger partial charge in [-0.3, -0.25) is 0 Å². The molecule has 0 amide bonds. The smallest absolute Gasteiger partial charge is 0.0487 e. The lowest BCUT2D eigenvalue weighted by Crippen LogP contribution is -2.19. The zero-order chi connectivity index (χ0) is 10.8. The molecule has 1 aromatic rings. The van der Waals surface area contributed by atoms with Crippen LogP contribution in [0, 0.1) is 0 Å². The zero-order valence-electron chi connectivity index (χ0n) is 9.10. The van der Waals surface area contributed by atoms with Crippen LogP contribution in [-0.4, -0.2) is 8.07 Å². The average Bonchev–Trinajstić information content (AvgIpc) is 2.02. The highest BCUT2D eigenvalue weighted by atomic mass is 79.9. The van der Waals surface area contributed by atoms with Crippen molar-refractivity contribution in [3.05, 3.63) is 40.9 Å². The second-order valence-electron chi connectivity index (χ2n) is 4.85. The first kappa shape index (κ1) is 11.7. The van der Waals surface area contributed by atoms with E-state index >= 15 is 0 Å². The molecule has 76 valence electrons. The van der Waals surface area contributed by atoms with E-state index in [1.165, 1.54) is 17.2 Å². The maximum Gasteiger partial charge on any atom is 0.0487 e. The molecule has 0 unspecified atom stereocenters. The van der Waals surface area contributed by atoms with Crippen molar-refractivity contribution in [1.82, 2.24) is 0 Å². The summed E-state index contributed by atoms with van der Waals surface area (Å²) in [5.41, 5.74) is 2.55. The van der Waals surface area contributed by atoms with Crippen LogP contribution >= 0.6 is 15.9 Å². The highest BCUT2D eigenvalue weighted by Crippen LogP contribution is 2.24. The third kappa shape index (κ3) is 3.80. The van der Waals surface area contributed by atoms with Crippen LogP contribution in [0.1, 0.15) is 5.56 Å². The van der Waals surface area contributed by atoms with Crippen LogP contribution in [0.4, 0.5) is 0 Å². The largest absolute Gasteiger partial charge is 0.0955 e. The molecule has 0 aliphatic rings. The second kappa shape index (κ2) is 4.45. The summed E-state index contributed by atoms with van der Waals surface area (Å²) in [7, 11) is -1.03. The lowest BCUT2D eigenvalue weighted by molar-refractivity contribution is 1.48. The van der Waals surface area contributed by atoms with Crippen LogP contribution in [0.3, 0.4) is 0 Å². The molecule has 0 aromatic heterocycles. The Labute approximate surface area is 96.2 Å². The van der Waals surface area contributed by atoms with E-state index in [9.17, 15) is 0 Å². The Morgan fingerprint density at radius 3 is 2.14 bits per heavy atom. The van der Waals surface area contributed by atoms with Crippen LogP contribution in [0.2, 0.25) is 25.7 Å². The summed E-state index contributed by atoms with van der Waals surface area (Å²) in [6.45, 7) is 11.3. The fourth-order valence-corrected chi connectivity index (χ4v) is 3.18. The third-order valence-electron chi connectivity index (χ3n) is 2.00. The van der Waals surface area contributed by atoms with Crippen molar-refractivity contribution in [2.24, 2.45) is 0 Å². The maximum absolute atomic E-state index is 4.16. The third-order valence-corrected chi connectivity index (χ3v) is 4.01. The number of rotatable bonds is 3. The lowest BCUT2D eigenvalue weighted by atomic mass is 10.1. The molecular weight excluding hydrogens is 252 g/mol. The van der Waals surface area contributed by atoms with Crippen LogP contribution in [0.25, 0.3) is 5.57 Å². The Morgan fingerprint density at radius 1 is 1.21 bits per heavy atom. The van der Waals surface area contributed by atoms with E-state index in [1.807, 2.05) is 0 Å². The molecule has 0 radical (unpaired) electrons. The topological polar surface area (TPSA) is 0 Å². The highest BCUT2D eigenvalue weighted by molar-refractivity contribution is 9.10. The number of allylic oxidation sites excluding steroid dienone is 1. The Balaban J connectivity index is 2.76. The van der Waals surface area contributed by atoms with E-state index in [0.29, 0.717) is 0 Å². The van der Waals surface area contributed by atoms with Gasteiger partial charge in [-0.2, -0.15) is 0 Å². The van der Waals surface area contributed by atoms with Gasteiger partial charge in [0.25, 0.3) is 0 Å². The predicted molar refractivity (Wildman–Crippen MR) is 71.3 cm³/mol. The first-order valence-electron chi connectivity index (χ1n) is 4.82. The molecule has 0 fully saturated rings. The fourth-order valence-electron chi connectivity index (χ4n) is 1.43. The van der Waals surface area contributed by atoms with Crippen molar-refractivity contribution in [2.75, 3.05) is 0 Å². The standard InChI is InChI=1S/C12H17BrSi/c1-10(9-14(2,3)4)11-5-7-12(13)8-6-11/h5-8H,1,9H2,2-4H3. The van der Waals surface area contributed by atoms with Gasteiger partial charge < -0.3 is 0 Å². The van der Waals surface area contributed by atoms with Crippen molar-refractivity contribution < 1.29 is 0 Å². The lowest BCUT2D eigenvalue weighted by Gasteiger charge is -2.17. The Morgan fingerprint density at radius 2 is 1.71 bits per heavy atom. The minimum absolute atomic E-state index is 1.03. The zero-order valence-corrected chi connectivity index (χ0v) is 11.7.